The topological polar surface area (TPSA) is 12.0 Å². The number of fused-ring (bicyclic) bond motifs is 1. The summed E-state index contributed by atoms with van der Waals surface area (Å²) in [6.07, 6.45) is -7.01. The third-order valence-electron chi connectivity index (χ3n) is 4.57. The lowest BCUT2D eigenvalue weighted by atomic mass is 9.87. The predicted molar refractivity (Wildman–Crippen MR) is 85.4 cm³/mol. The van der Waals surface area contributed by atoms with Crippen LogP contribution in [0.25, 0.3) is 0 Å². The molecule has 7 heteroatoms. The van der Waals surface area contributed by atoms with Gasteiger partial charge in [-0.15, -0.1) is 0 Å². The molecule has 1 N–H and O–H groups in total. The molecule has 0 aliphatic heterocycles. The van der Waals surface area contributed by atoms with Crippen LogP contribution in [0.15, 0.2) is 42.5 Å². The fourth-order valence-electron chi connectivity index (χ4n) is 3.33. The van der Waals surface area contributed by atoms with Crippen molar-refractivity contribution in [1.29, 1.82) is 0 Å². The molecule has 1 aliphatic rings. The van der Waals surface area contributed by atoms with Gasteiger partial charge in [0.25, 0.3) is 0 Å². The van der Waals surface area contributed by atoms with Crippen LogP contribution in [0.5, 0.6) is 0 Å². The molecular weight excluding hydrogens is 356 g/mol. The Morgan fingerprint density at radius 1 is 0.885 bits per heavy atom. The lowest BCUT2D eigenvalue weighted by Crippen LogP contribution is -2.25. The summed E-state index contributed by atoms with van der Waals surface area (Å²) >= 11 is 0. The van der Waals surface area contributed by atoms with Gasteiger partial charge in [-0.2, -0.15) is 26.3 Å². The molecule has 0 saturated heterocycles. The van der Waals surface area contributed by atoms with Gasteiger partial charge in [0.05, 0.1) is 11.1 Å². The number of hydrogen-bond acceptors (Lipinski definition) is 1. The minimum atomic E-state index is -4.83. The standard InChI is InChI=1S/C19H17F6N/c20-18(21,22)14-8-12(9-15(10-14)19(23,24)25)11-26-17-7-3-5-13-4-1-2-6-16(13)17/h1-2,4,6,8-10,17,26H,3,5,7,11H2/t17-/m0/s1. The molecule has 0 fully saturated rings. The van der Waals surface area contributed by atoms with Gasteiger partial charge >= 0.3 is 12.4 Å². The van der Waals surface area contributed by atoms with Crippen LogP contribution in [-0.4, -0.2) is 0 Å². The van der Waals surface area contributed by atoms with Gasteiger partial charge < -0.3 is 5.32 Å². The van der Waals surface area contributed by atoms with Gasteiger partial charge in [0.15, 0.2) is 0 Å². The van der Waals surface area contributed by atoms with E-state index in [1.165, 1.54) is 0 Å². The summed E-state index contributed by atoms with van der Waals surface area (Å²) in [5, 5.41) is 3.12. The highest BCUT2D eigenvalue weighted by atomic mass is 19.4. The van der Waals surface area contributed by atoms with E-state index in [-0.39, 0.29) is 24.2 Å². The first-order valence-corrected chi connectivity index (χ1v) is 8.24. The zero-order valence-corrected chi connectivity index (χ0v) is 13.7. The largest absolute Gasteiger partial charge is 0.416 e. The molecule has 2 aromatic rings. The van der Waals surface area contributed by atoms with Crippen molar-refractivity contribution in [2.24, 2.45) is 0 Å². The van der Waals surface area contributed by atoms with Crippen molar-refractivity contribution >= 4 is 0 Å². The van der Waals surface area contributed by atoms with E-state index >= 15 is 0 Å². The van der Waals surface area contributed by atoms with Crippen molar-refractivity contribution in [1.82, 2.24) is 5.32 Å². The molecule has 0 radical (unpaired) electrons. The number of hydrogen-bond donors (Lipinski definition) is 1. The van der Waals surface area contributed by atoms with Crippen LogP contribution in [0.4, 0.5) is 26.3 Å². The maximum absolute atomic E-state index is 12.9. The smallest absolute Gasteiger partial charge is 0.306 e. The Morgan fingerprint density at radius 3 is 2.12 bits per heavy atom. The van der Waals surface area contributed by atoms with Gasteiger partial charge in [0.2, 0.25) is 0 Å². The monoisotopic (exact) mass is 373 g/mol. The summed E-state index contributed by atoms with van der Waals surface area (Å²) in [7, 11) is 0. The zero-order chi connectivity index (χ0) is 18.9. The van der Waals surface area contributed by atoms with E-state index in [0.717, 1.165) is 42.5 Å². The summed E-state index contributed by atoms with van der Waals surface area (Å²) in [6.45, 7) is -0.0635. The molecule has 0 heterocycles. The van der Waals surface area contributed by atoms with Crippen molar-refractivity contribution in [3.63, 3.8) is 0 Å². The van der Waals surface area contributed by atoms with Crippen LogP contribution in [0, 0.1) is 0 Å². The minimum Gasteiger partial charge on any atom is -0.306 e. The van der Waals surface area contributed by atoms with Crippen molar-refractivity contribution in [2.75, 3.05) is 0 Å². The van der Waals surface area contributed by atoms with Gasteiger partial charge in [0.1, 0.15) is 0 Å². The van der Waals surface area contributed by atoms with E-state index in [1.54, 1.807) is 0 Å². The van der Waals surface area contributed by atoms with Crippen molar-refractivity contribution in [2.45, 2.75) is 44.2 Å². The van der Waals surface area contributed by atoms with Crippen LogP contribution in [-0.2, 0) is 25.3 Å². The molecule has 0 amide bonds. The zero-order valence-electron chi connectivity index (χ0n) is 13.7. The Balaban J connectivity index is 1.84. The summed E-state index contributed by atoms with van der Waals surface area (Å²) < 4.78 is 77.6. The molecule has 26 heavy (non-hydrogen) atoms. The summed E-state index contributed by atoms with van der Waals surface area (Å²) in [4.78, 5) is 0. The molecule has 0 saturated carbocycles. The molecule has 1 nitrogen and oxygen atoms in total. The molecule has 0 aromatic heterocycles. The van der Waals surface area contributed by atoms with E-state index in [1.807, 2.05) is 24.3 Å². The first kappa shape index (κ1) is 18.8. The number of aryl methyl sites for hydroxylation is 1. The molecule has 140 valence electrons. The maximum atomic E-state index is 12.9. The second-order valence-corrected chi connectivity index (χ2v) is 6.44. The highest BCUT2D eigenvalue weighted by Gasteiger charge is 2.36. The number of rotatable bonds is 3. The second-order valence-electron chi connectivity index (χ2n) is 6.44. The quantitative estimate of drug-likeness (QED) is 0.662. The number of nitrogens with one attached hydrogen (secondary N) is 1. The van der Waals surface area contributed by atoms with Gasteiger partial charge in [-0.3, -0.25) is 0 Å². The highest BCUT2D eigenvalue weighted by molar-refractivity contribution is 5.35. The van der Waals surface area contributed by atoms with Gasteiger partial charge in [-0.05, 0) is 54.2 Å². The van der Waals surface area contributed by atoms with E-state index < -0.39 is 23.5 Å². The third kappa shape index (κ3) is 4.20. The average Bonchev–Trinajstić information content (AvgIpc) is 2.58. The van der Waals surface area contributed by atoms with E-state index in [4.69, 9.17) is 0 Å². The van der Waals surface area contributed by atoms with Crippen LogP contribution in [0.2, 0.25) is 0 Å². The highest BCUT2D eigenvalue weighted by Crippen LogP contribution is 2.36. The predicted octanol–water partition coefficient (Wildman–Crippen LogP) is 5.89. The van der Waals surface area contributed by atoms with Gasteiger partial charge in [0, 0.05) is 12.6 Å². The van der Waals surface area contributed by atoms with Gasteiger partial charge in [-0.25, -0.2) is 0 Å². The summed E-state index contributed by atoms with van der Waals surface area (Å²) in [5.41, 5.74) is -0.380. The SMILES string of the molecule is FC(F)(F)c1cc(CN[C@H]2CCCc3ccccc32)cc(C(F)(F)F)c1. The Kier molecular flexibility index (Phi) is 5.01. The fourth-order valence-corrected chi connectivity index (χ4v) is 3.33. The van der Waals surface area contributed by atoms with Crippen molar-refractivity contribution in [3.05, 3.63) is 70.3 Å². The van der Waals surface area contributed by atoms with E-state index in [0.29, 0.717) is 0 Å². The molecule has 0 spiro atoms. The Bertz CT molecular complexity index is 746. The number of halogens is 6. The Hall–Kier alpha value is -2.02. The summed E-state index contributed by atoms with van der Waals surface area (Å²) in [6, 6.07) is 9.36. The molecule has 0 unspecified atom stereocenters. The number of benzene rings is 2. The Morgan fingerprint density at radius 2 is 1.50 bits per heavy atom. The normalized spacial score (nSPS) is 17.8. The van der Waals surface area contributed by atoms with Crippen molar-refractivity contribution in [3.8, 4) is 0 Å². The van der Waals surface area contributed by atoms with Crippen LogP contribution in [0.3, 0.4) is 0 Å². The van der Waals surface area contributed by atoms with Crippen LogP contribution >= 0.6 is 0 Å². The maximum Gasteiger partial charge on any atom is 0.416 e. The molecular formula is C19H17F6N. The van der Waals surface area contributed by atoms with E-state index in [2.05, 4.69) is 5.32 Å². The molecule has 1 aliphatic carbocycles. The first-order chi connectivity index (χ1) is 12.1. The first-order valence-electron chi connectivity index (χ1n) is 8.24. The number of alkyl halides is 6. The molecule has 3 rings (SSSR count). The van der Waals surface area contributed by atoms with E-state index in [9.17, 15) is 26.3 Å². The third-order valence-corrected chi connectivity index (χ3v) is 4.57. The molecule has 1 atom stereocenters. The summed E-state index contributed by atoms with van der Waals surface area (Å²) in [5.74, 6) is 0. The molecule has 0 bridgehead atoms. The van der Waals surface area contributed by atoms with Crippen LogP contribution < -0.4 is 5.32 Å². The van der Waals surface area contributed by atoms with Gasteiger partial charge in [-0.1, -0.05) is 24.3 Å². The lowest BCUT2D eigenvalue weighted by Gasteiger charge is -2.26. The second kappa shape index (κ2) is 6.95. The Labute approximate surface area is 147 Å². The average molecular weight is 373 g/mol. The lowest BCUT2D eigenvalue weighted by molar-refractivity contribution is -0.143. The van der Waals surface area contributed by atoms with Crippen molar-refractivity contribution < 1.29 is 26.3 Å². The minimum absolute atomic E-state index is 0.0322. The fraction of sp³-hybridized carbons (Fsp3) is 0.368. The van der Waals surface area contributed by atoms with Crippen LogP contribution in [0.1, 0.15) is 46.7 Å². The molecule has 2 aromatic carbocycles.